The van der Waals surface area contributed by atoms with Crippen molar-refractivity contribution >= 4 is 31.6 Å². The van der Waals surface area contributed by atoms with Crippen molar-refractivity contribution < 1.29 is 12.8 Å². The van der Waals surface area contributed by atoms with E-state index in [9.17, 15) is 22.4 Å². The highest BCUT2D eigenvalue weighted by Gasteiger charge is 2.15. The Hall–Kier alpha value is -2.01. The molecule has 8 nitrogen and oxygen atoms in total. The molecule has 1 heterocycles. The van der Waals surface area contributed by atoms with Crippen LogP contribution in [0.1, 0.15) is 0 Å². The highest BCUT2D eigenvalue weighted by atomic mass is 79.9. The van der Waals surface area contributed by atoms with E-state index in [0.717, 1.165) is 29.2 Å². The molecule has 2 aromatic rings. The topological polar surface area (TPSA) is 103 Å². The molecular weight excluding hydrogens is 383 g/mol. The third kappa shape index (κ3) is 3.25. The maximum atomic E-state index is 14.1. The van der Waals surface area contributed by atoms with Gasteiger partial charge in [-0.05, 0) is 28.1 Å². The van der Waals surface area contributed by atoms with Crippen molar-refractivity contribution in [2.75, 3.05) is 11.0 Å². The van der Waals surface area contributed by atoms with Gasteiger partial charge in [0.15, 0.2) is 0 Å². The summed E-state index contributed by atoms with van der Waals surface area (Å²) in [5.74, 6) is -0.820. The number of aromatic nitrogens is 3. The highest BCUT2D eigenvalue weighted by molar-refractivity contribution is 9.10. The maximum Gasteiger partial charge on any atom is 0.352 e. The van der Waals surface area contributed by atoms with E-state index in [-0.39, 0.29) is 15.8 Å². The van der Waals surface area contributed by atoms with E-state index in [0.29, 0.717) is 4.68 Å². The van der Waals surface area contributed by atoms with E-state index in [2.05, 4.69) is 25.8 Å². The lowest BCUT2D eigenvalue weighted by Crippen LogP contribution is -2.38. The summed E-state index contributed by atoms with van der Waals surface area (Å²) in [7, 11) is -2.38. The monoisotopic (exact) mass is 392 g/mol. The number of anilines is 1. The fraction of sp³-hybridized carbons (Fsp3) is 0.182. The molecule has 0 fully saturated rings. The van der Waals surface area contributed by atoms with Gasteiger partial charge < -0.3 is 0 Å². The lowest BCUT2D eigenvalue weighted by molar-refractivity contribution is 0.584. The second-order valence-corrected chi connectivity index (χ2v) is 7.00. The molecular formula is C11H10BrFN4O4S. The summed E-state index contributed by atoms with van der Waals surface area (Å²) < 4.78 is 40.4. The summed E-state index contributed by atoms with van der Waals surface area (Å²) in [5, 5.41) is 3.58. The molecule has 0 aliphatic rings. The molecule has 0 aliphatic heterocycles. The molecule has 0 saturated heterocycles. The summed E-state index contributed by atoms with van der Waals surface area (Å²) in [6.45, 7) is 0. The molecule has 1 aromatic heterocycles. The molecule has 0 spiro atoms. The zero-order valence-electron chi connectivity index (χ0n) is 11.4. The van der Waals surface area contributed by atoms with Crippen LogP contribution in [0.2, 0.25) is 0 Å². The van der Waals surface area contributed by atoms with Gasteiger partial charge in [0.05, 0.1) is 11.9 Å². The largest absolute Gasteiger partial charge is 0.352 e. The Morgan fingerprint density at radius 1 is 1.32 bits per heavy atom. The quantitative estimate of drug-likeness (QED) is 0.803. The number of sulfonamides is 1. The first-order valence-electron chi connectivity index (χ1n) is 5.73. The maximum absolute atomic E-state index is 14.1. The molecule has 0 amide bonds. The lowest BCUT2D eigenvalue weighted by atomic mass is 10.2. The number of nitrogens with one attached hydrogen (secondary N) is 1. The standard InChI is InChI=1S/C11H10BrFN4O4S/c1-16-10(18)5-14-17(11(16)19)9-4-8(15-22(2,20)21)6(12)3-7(9)13/h3-5,15H,1-2H3. The van der Waals surface area contributed by atoms with Gasteiger partial charge in [-0.25, -0.2) is 17.6 Å². The van der Waals surface area contributed by atoms with Crippen LogP contribution >= 0.6 is 15.9 Å². The minimum absolute atomic E-state index is 0.0291. The summed E-state index contributed by atoms with van der Waals surface area (Å²) in [6, 6.07) is 2.08. The average Bonchev–Trinajstić information content (AvgIpc) is 2.39. The molecule has 0 unspecified atom stereocenters. The van der Waals surface area contributed by atoms with Gasteiger partial charge in [-0.3, -0.25) is 14.1 Å². The molecule has 118 valence electrons. The van der Waals surface area contributed by atoms with Crippen LogP contribution in [0, 0.1) is 5.82 Å². The van der Waals surface area contributed by atoms with Gasteiger partial charge in [-0.15, -0.1) is 0 Å². The highest BCUT2D eigenvalue weighted by Crippen LogP contribution is 2.27. The van der Waals surface area contributed by atoms with E-state index < -0.39 is 27.1 Å². The number of hydrogen-bond donors (Lipinski definition) is 1. The second-order valence-electron chi connectivity index (χ2n) is 4.39. The van der Waals surface area contributed by atoms with Crippen LogP contribution in [0.25, 0.3) is 5.69 Å². The van der Waals surface area contributed by atoms with Crippen LogP contribution in [-0.4, -0.2) is 29.0 Å². The third-order valence-corrected chi connectivity index (χ3v) is 3.89. The summed E-state index contributed by atoms with van der Waals surface area (Å²) >= 11 is 3.02. The van der Waals surface area contributed by atoms with Crippen molar-refractivity contribution in [2.24, 2.45) is 7.05 Å². The molecule has 1 aromatic carbocycles. The molecule has 22 heavy (non-hydrogen) atoms. The predicted molar refractivity (Wildman–Crippen MR) is 81.2 cm³/mol. The molecule has 0 aliphatic carbocycles. The van der Waals surface area contributed by atoms with Gasteiger partial charge in [0.1, 0.15) is 17.7 Å². The first kappa shape index (κ1) is 16.4. The smallest absolute Gasteiger partial charge is 0.283 e. The Morgan fingerprint density at radius 3 is 2.55 bits per heavy atom. The number of rotatable bonds is 3. The Morgan fingerprint density at radius 2 is 1.95 bits per heavy atom. The van der Waals surface area contributed by atoms with E-state index in [1.165, 1.54) is 7.05 Å². The normalized spacial score (nSPS) is 11.5. The van der Waals surface area contributed by atoms with Crippen molar-refractivity contribution in [2.45, 2.75) is 0 Å². The van der Waals surface area contributed by atoms with E-state index in [4.69, 9.17) is 0 Å². The van der Waals surface area contributed by atoms with Crippen LogP contribution in [0.15, 0.2) is 32.4 Å². The van der Waals surface area contributed by atoms with Gasteiger partial charge in [0.25, 0.3) is 5.56 Å². The fourth-order valence-corrected chi connectivity index (χ4v) is 2.74. The van der Waals surface area contributed by atoms with Crippen LogP contribution in [0.4, 0.5) is 10.1 Å². The molecule has 1 N–H and O–H groups in total. The van der Waals surface area contributed by atoms with Gasteiger partial charge in [-0.1, -0.05) is 0 Å². The van der Waals surface area contributed by atoms with E-state index in [1.54, 1.807) is 0 Å². The van der Waals surface area contributed by atoms with Crippen molar-refractivity contribution in [1.29, 1.82) is 0 Å². The molecule has 0 atom stereocenters. The number of nitrogens with zero attached hydrogens (tertiary/aromatic N) is 3. The zero-order chi connectivity index (χ0) is 16.7. The number of hydrogen-bond acceptors (Lipinski definition) is 5. The fourth-order valence-electron chi connectivity index (χ4n) is 1.62. The molecule has 2 rings (SSSR count). The Balaban J connectivity index is 2.72. The Bertz CT molecular complexity index is 967. The van der Waals surface area contributed by atoms with Gasteiger partial charge in [-0.2, -0.15) is 9.78 Å². The first-order valence-corrected chi connectivity index (χ1v) is 8.41. The molecule has 11 heteroatoms. The summed E-state index contributed by atoms with van der Waals surface area (Å²) in [6.07, 6.45) is 1.78. The zero-order valence-corrected chi connectivity index (χ0v) is 13.8. The molecule has 0 bridgehead atoms. The average molecular weight is 393 g/mol. The van der Waals surface area contributed by atoms with E-state index >= 15 is 0 Å². The van der Waals surface area contributed by atoms with Crippen LogP contribution in [0.3, 0.4) is 0 Å². The molecule has 0 saturated carbocycles. The van der Waals surface area contributed by atoms with E-state index in [1.807, 2.05) is 0 Å². The summed E-state index contributed by atoms with van der Waals surface area (Å²) in [5.41, 5.74) is -1.77. The minimum Gasteiger partial charge on any atom is -0.283 e. The van der Waals surface area contributed by atoms with Crippen molar-refractivity contribution in [3.63, 3.8) is 0 Å². The van der Waals surface area contributed by atoms with Gasteiger partial charge in [0.2, 0.25) is 10.0 Å². The second kappa shape index (κ2) is 5.65. The predicted octanol–water partition coefficient (Wildman–Crippen LogP) is 0.204. The first-order chi connectivity index (χ1) is 10.1. The Labute approximate surface area is 132 Å². The lowest BCUT2D eigenvalue weighted by Gasteiger charge is -2.11. The number of halogens is 2. The van der Waals surface area contributed by atoms with Crippen molar-refractivity contribution in [3.05, 3.63) is 49.5 Å². The molecule has 0 radical (unpaired) electrons. The third-order valence-electron chi connectivity index (χ3n) is 2.64. The van der Waals surface area contributed by atoms with Crippen molar-refractivity contribution in [1.82, 2.24) is 14.3 Å². The minimum atomic E-state index is -3.60. The van der Waals surface area contributed by atoms with Crippen LogP contribution in [0.5, 0.6) is 0 Å². The Kier molecular flexibility index (Phi) is 4.20. The summed E-state index contributed by atoms with van der Waals surface area (Å²) in [4.78, 5) is 23.3. The van der Waals surface area contributed by atoms with Gasteiger partial charge in [0, 0.05) is 11.5 Å². The SMILES string of the molecule is Cn1c(=O)cnn(-c2cc(NS(C)(=O)=O)c(Br)cc2F)c1=O. The van der Waals surface area contributed by atoms with Gasteiger partial charge >= 0.3 is 5.69 Å². The van der Waals surface area contributed by atoms with Crippen molar-refractivity contribution in [3.8, 4) is 5.69 Å². The number of benzene rings is 1. The van der Waals surface area contributed by atoms with Crippen LogP contribution in [-0.2, 0) is 17.1 Å². The van der Waals surface area contributed by atoms with Crippen LogP contribution < -0.4 is 16.0 Å².